The Kier molecular flexibility index (Phi) is 19.3. The van der Waals surface area contributed by atoms with Gasteiger partial charge >= 0.3 is 63.7 Å². The second-order valence-electron chi connectivity index (χ2n) is 15.2. The monoisotopic (exact) mass is 831 g/mol. The maximum atomic E-state index is 13.6. The maximum absolute atomic E-state index is 13.6. The fraction of sp³-hybridized carbons (Fsp3) is 0.650. The third-order valence-electron chi connectivity index (χ3n) is 10.2. The average Bonchev–Trinajstić information content (AvgIpc) is 4.04. The average molecular weight is 832 g/mol. The Morgan fingerprint density at radius 1 is 1.09 bits per heavy atom. The third kappa shape index (κ3) is 14.6. The summed E-state index contributed by atoms with van der Waals surface area (Å²) in [6.45, 7) is 8.79. The van der Waals surface area contributed by atoms with Crippen LogP contribution in [-0.2, 0) is 14.3 Å². The predicted octanol–water partition coefficient (Wildman–Crippen LogP) is 5.51. The van der Waals surface area contributed by atoms with E-state index in [1.54, 1.807) is 23.0 Å². The van der Waals surface area contributed by atoms with Crippen molar-refractivity contribution in [2.75, 3.05) is 20.2 Å². The minimum absolute atomic E-state index is 0. The van der Waals surface area contributed by atoms with Crippen LogP contribution in [0.15, 0.2) is 42.6 Å². The topological polar surface area (TPSA) is 147 Å². The van der Waals surface area contributed by atoms with E-state index >= 15 is 0 Å². The SMILES string of the molecule is CC(C)(OC(N)=O)C(F)(F)F.CCOc1cnc(O[C@@H]2CC3C(=O)NC4C[C@H]4/C=C\CCC(C)CC(CC)CC(=O)N3C2)c2ccccc12.C[N-]SC1CC1.[K+]. The summed E-state index contributed by atoms with van der Waals surface area (Å²) in [5.41, 5.74) is 1.90. The van der Waals surface area contributed by atoms with Crippen molar-refractivity contribution in [3.8, 4) is 11.6 Å². The zero-order valence-electron chi connectivity index (χ0n) is 33.8. The van der Waals surface area contributed by atoms with Crippen LogP contribution in [0.4, 0.5) is 18.0 Å². The van der Waals surface area contributed by atoms with Crippen LogP contribution in [0.5, 0.6) is 11.6 Å². The number of alkyl halides is 3. The van der Waals surface area contributed by atoms with E-state index in [2.05, 4.69) is 51.5 Å². The van der Waals surface area contributed by atoms with Gasteiger partial charge in [-0.15, -0.1) is 0 Å². The number of hydrogen-bond acceptors (Lipinski definition) is 8. The summed E-state index contributed by atoms with van der Waals surface area (Å²) in [6.07, 6.45) is 8.78. The number of rotatable bonds is 8. The van der Waals surface area contributed by atoms with Crippen molar-refractivity contribution in [1.29, 1.82) is 0 Å². The van der Waals surface area contributed by atoms with Crippen molar-refractivity contribution in [1.82, 2.24) is 15.2 Å². The number of primary amides is 1. The summed E-state index contributed by atoms with van der Waals surface area (Å²) >= 11 is 1.72. The quantitative estimate of drug-likeness (QED) is 0.201. The van der Waals surface area contributed by atoms with Gasteiger partial charge in [0.05, 0.1) is 19.3 Å². The minimum atomic E-state index is -4.60. The van der Waals surface area contributed by atoms with E-state index in [0.717, 1.165) is 67.7 Å². The van der Waals surface area contributed by atoms with E-state index in [1.165, 1.54) is 12.8 Å². The zero-order chi connectivity index (χ0) is 40.3. The molecule has 16 heteroatoms. The number of nitrogens with two attached hydrogens (primary N) is 1. The van der Waals surface area contributed by atoms with E-state index in [0.29, 0.717) is 49.6 Å². The largest absolute Gasteiger partial charge is 1.00 e. The first-order valence-corrected chi connectivity index (χ1v) is 20.1. The summed E-state index contributed by atoms with van der Waals surface area (Å²) in [5, 5.41) is 5.92. The number of pyridine rings is 1. The Morgan fingerprint density at radius 3 is 2.36 bits per heavy atom. The van der Waals surface area contributed by atoms with E-state index in [9.17, 15) is 27.6 Å². The van der Waals surface area contributed by atoms with Crippen molar-refractivity contribution in [2.24, 2.45) is 23.5 Å². The van der Waals surface area contributed by atoms with Crippen LogP contribution in [0.25, 0.3) is 15.5 Å². The van der Waals surface area contributed by atoms with Crippen molar-refractivity contribution < 1.29 is 93.1 Å². The van der Waals surface area contributed by atoms with Gasteiger partial charge in [-0.2, -0.15) is 20.2 Å². The van der Waals surface area contributed by atoms with Crippen LogP contribution >= 0.6 is 11.9 Å². The van der Waals surface area contributed by atoms with Crippen LogP contribution < -0.4 is 71.9 Å². The van der Waals surface area contributed by atoms with Gasteiger partial charge in [-0.3, -0.25) is 21.5 Å². The Balaban J connectivity index is 0.000000388. The van der Waals surface area contributed by atoms with Crippen LogP contribution in [0.1, 0.15) is 92.4 Å². The molecule has 2 aliphatic carbocycles. The third-order valence-corrected chi connectivity index (χ3v) is 11.1. The molecule has 6 rings (SSSR count). The van der Waals surface area contributed by atoms with Crippen molar-refractivity contribution in [2.45, 2.75) is 128 Å². The van der Waals surface area contributed by atoms with Gasteiger partial charge in [0.2, 0.25) is 23.3 Å². The minimum Gasteiger partial charge on any atom is -0.609 e. The van der Waals surface area contributed by atoms with Crippen LogP contribution in [-0.4, -0.2) is 83.2 Å². The van der Waals surface area contributed by atoms with Crippen molar-refractivity contribution in [3.63, 3.8) is 0 Å². The Labute approximate surface area is 376 Å². The molecule has 306 valence electrons. The van der Waals surface area contributed by atoms with Gasteiger partial charge in [0.25, 0.3) is 0 Å². The smallest absolute Gasteiger partial charge is 0.609 e. The molecule has 4 unspecified atom stereocenters. The molecule has 0 bridgehead atoms. The molecule has 56 heavy (non-hydrogen) atoms. The molecule has 2 saturated carbocycles. The van der Waals surface area contributed by atoms with Crippen molar-refractivity contribution >= 4 is 40.6 Å². The fourth-order valence-electron chi connectivity index (χ4n) is 6.67. The number of amides is 3. The van der Waals surface area contributed by atoms with Gasteiger partial charge in [0.1, 0.15) is 17.9 Å². The number of aromatic nitrogens is 1. The Morgan fingerprint density at radius 2 is 1.79 bits per heavy atom. The van der Waals surface area contributed by atoms with E-state index in [-0.39, 0.29) is 75.3 Å². The molecule has 1 saturated heterocycles. The van der Waals surface area contributed by atoms with Crippen LogP contribution in [0.3, 0.4) is 0 Å². The van der Waals surface area contributed by atoms with Gasteiger partial charge in [-0.1, -0.05) is 50.6 Å². The summed E-state index contributed by atoms with van der Waals surface area (Å²) in [5.74, 6) is 2.52. The maximum Gasteiger partial charge on any atom is 1.00 e. The number of carbonyl (C=O) groups excluding carboxylic acids is 3. The predicted molar refractivity (Wildman–Crippen MR) is 209 cm³/mol. The molecule has 2 aliphatic heterocycles. The molecular formula is C40H57F3KN5O6S. The molecule has 1 aromatic carbocycles. The molecule has 3 amide bonds. The number of benzene rings is 1. The Bertz CT molecular complexity index is 1630. The van der Waals surface area contributed by atoms with Gasteiger partial charge in [-0.05, 0) is 88.4 Å². The van der Waals surface area contributed by atoms with E-state index in [4.69, 9.17) is 9.47 Å². The zero-order valence-corrected chi connectivity index (χ0v) is 37.7. The molecule has 0 radical (unpaired) electrons. The number of nitrogens with one attached hydrogen (secondary N) is 1. The number of ether oxygens (including phenoxy) is 3. The van der Waals surface area contributed by atoms with Gasteiger partial charge in [0, 0.05) is 29.7 Å². The molecule has 6 atom stereocenters. The van der Waals surface area contributed by atoms with Crippen LogP contribution in [0.2, 0.25) is 0 Å². The van der Waals surface area contributed by atoms with E-state index in [1.807, 2.05) is 38.2 Å². The summed E-state index contributed by atoms with van der Waals surface area (Å²) in [4.78, 5) is 43.3. The number of hydrogen-bond donors (Lipinski definition) is 2. The first-order valence-electron chi connectivity index (χ1n) is 19.3. The molecule has 3 N–H and O–H groups in total. The molecule has 0 spiro atoms. The number of fused-ring (bicyclic) bond motifs is 3. The van der Waals surface area contributed by atoms with E-state index < -0.39 is 23.9 Å². The molecule has 3 heterocycles. The number of halogens is 3. The summed E-state index contributed by atoms with van der Waals surface area (Å²) < 4.78 is 55.5. The first-order chi connectivity index (χ1) is 26.1. The van der Waals surface area contributed by atoms with Crippen molar-refractivity contribution in [3.05, 3.63) is 47.3 Å². The standard InChI is InChI=1S/C31H41N3O4.C5H8F3NO2.C4H8NS.K/c1-4-21-14-20(3)10-6-7-11-22-16-26(22)33-30(36)27-17-23(19-34(27)29(35)15-21)38-31-25-13-9-8-12-24(25)28(18-32-31)37-5-2;1-4(2,5(6,7)8)11-3(9)10;1-5-6-4-2-3-4;/h7-9,11-13,18,20-23,26-27H,4-6,10,14-17,19H2,1-3H3,(H,33,36);1-2H3,(H2,9,10);4H,2-3H2,1H3;/q;;-1;+1/b11-7-;;;/t20?,21?,22-,23-,26?,27?;;;/m1.../s1. The molecule has 2 aromatic rings. The van der Waals surface area contributed by atoms with Gasteiger partial charge < -0.3 is 34.9 Å². The fourth-order valence-corrected chi connectivity index (χ4v) is 7.32. The van der Waals surface area contributed by atoms with Gasteiger partial charge in [-0.25, -0.2) is 9.78 Å². The molecule has 1 aromatic heterocycles. The molecular weight excluding hydrogens is 775 g/mol. The van der Waals surface area contributed by atoms with Gasteiger partial charge in [0.15, 0.2) is 0 Å². The number of carbonyl (C=O) groups is 3. The summed E-state index contributed by atoms with van der Waals surface area (Å²) in [7, 11) is 1.85. The number of nitrogens with zero attached hydrogens (tertiary/aromatic N) is 3. The number of allylic oxidation sites excluding steroid dienone is 1. The first kappa shape index (κ1) is 48.3. The molecule has 11 nitrogen and oxygen atoms in total. The summed E-state index contributed by atoms with van der Waals surface area (Å²) in [6, 6.07) is 7.53. The molecule has 3 fully saturated rings. The van der Waals surface area contributed by atoms with Crippen LogP contribution in [0, 0.1) is 17.8 Å². The Hall–Kier alpha value is -2.08. The molecule has 4 aliphatic rings. The second kappa shape index (κ2) is 22.3. The second-order valence-corrected chi connectivity index (χ2v) is 16.4. The normalized spacial score (nSPS) is 25.8.